The zero-order valence-electron chi connectivity index (χ0n) is 9.98. The highest BCUT2D eigenvalue weighted by Crippen LogP contribution is 2.28. The van der Waals surface area contributed by atoms with Crippen LogP contribution in [0.25, 0.3) is 0 Å². The van der Waals surface area contributed by atoms with Gasteiger partial charge in [-0.25, -0.2) is 14.8 Å². The number of carbonyl (C=O) groups is 2. The average Bonchev–Trinajstić information content (AvgIpc) is 2.70. The molecule has 3 amide bonds. The number of carbonyl (C=O) groups excluding carboxylic acids is 2. The van der Waals surface area contributed by atoms with Gasteiger partial charge in [0.1, 0.15) is 5.69 Å². The molecule has 1 N–H and O–H groups in total. The summed E-state index contributed by atoms with van der Waals surface area (Å²) in [5, 5.41) is 2.30. The van der Waals surface area contributed by atoms with E-state index in [-0.39, 0.29) is 29.9 Å². The summed E-state index contributed by atoms with van der Waals surface area (Å²) >= 11 is 0.946. The second-order valence-electron chi connectivity index (χ2n) is 3.77. The number of rotatable bonds is 4. The zero-order valence-corrected chi connectivity index (χ0v) is 10.8. The van der Waals surface area contributed by atoms with E-state index in [1.807, 2.05) is 0 Å². The number of alkyl halides is 3. The van der Waals surface area contributed by atoms with Crippen molar-refractivity contribution in [2.24, 2.45) is 0 Å². The Kier molecular flexibility index (Phi) is 4.12. The SMILES string of the molecule is O=C1CNC(=O)N1CCSc1nccc(C(F)(F)F)n1. The van der Waals surface area contributed by atoms with E-state index in [1.54, 1.807) is 0 Å². The van der Waals surface area contributed by atoms with Gasteiger partial charge in [0.15, 0.2) is 5.16 Å². The Morgan fingerprint density at radius 3 is 2.75 bits per heavy atom. The van der Waals surface area contributed by atoms with Crippen molar-refractivity contribution < 1.29 is 22.8 Å². The van der Waals surface area contributed by atoms with Crippen molar-refractivity contribution in [3.63, 3.8) is 0 Å². The van der Waals surface area contributed by atoms with Crippen LogP contribution in [0.2, 0.25) is 0 Å². The highest BCUT2D eigenvalue weighted by molar-refractivity contribution is 7.99. The van der Waals surface area contributed by atoms with Crippen LogP contribution < -0.4 is 5.32 Å². The van der Waals surface area contributed by atoms with Crippen LogP contribution in [0.1, 0.15) is 5.69 Å². The van der Waals surface area contributed by atoms with Crippen LogP contribution in [-0.2, 0) is 11.0 Å². The van der Waals surface area contributed by atoms with Crippen LogP contribution in [0.15, 0.2) is 17.4 Å². The first kappa shape index (κ1) is 14.6. The first-order valence-corrected chi connectivity index (χ1v) is 6.48. The quantitative estimate of drug-likeness (QED) is 0.513. The summed E-state index contributed by atoms with van der Waals surface area (Å²) in [7, 11) is 0. The van der Waals surface area contributed by atoms with Crippen LogP contribution in [0.5, 0.6) is 0 Å². The molecular weight excluding hydrogens is 297 g/mol. The van der Waals surface area contributed by atoms with Crippen LogP contribution in [0.3, 0.4) is 0 Å². The summed E-state index contributed by atoms with van der Waals surface area (Å²) < 4.78 is 37.3. The predicted molar refractivity (Wildman–Crippen MR) is 62.9 cm³/mol. The lowest BCUT2D eigenvalue weighted by Crippen LogP contribution is -2.32. The lowest BCUT2D eigenvalue weighted by molar-refractivity contribution is -0.141. The van der Waals surface area contributed by atoms with Crippen LogP contribution in [0.4, 0.5) is 18.0 Å². The van der Waals surface area contributed by atoms with Crippen molar-refractivity contribution in [3.05, 3.63) is 18.0 Å². The maximum absolute atomic E-state index is 12.4. The minimum atomic E-state index is -4.52. The van der Waals surface area contributed by atoms with Gasteiger partial charge in [-0.3, -0.25) is 9.69 Å². The molecule has 20 heavy (non-hydrogen) atoms. The summed E-state index contributed by atoms with van der Waals surface area (Å²) in [5.74, 6) is -0.138. The monoisotopic (exact) mass is 306 g/mol. The van der Waals surface area contributed by atoms with Crippen LogP contribution >= 0.6 is 11.8 Å². The van der Waals surface area contributed by atoms with Crippen molar-refractivity contribution in [2.45, 2.75) is 11.3 Å². The molecule has 1 fully saturated rings. The number of nitrogens with zero attached hydrogens (tertiary/aromatic N) is 3. The third-order valence-corrected chi connectivity index (χ3v) is 3.25. The van der Waals surface area contributed by atoms with Gasteiger partial charge in [0.2, 0.25) is 5.91 Å². The number of aromatic nitrogens is 2. The molecule has 10 heteroatoms. The molecule has 0 saturated carbocycles. The van der Waals surface area contributed by atoms with Gasteiger partial charge in [-0.15, -0.1) is 0 Å². The fourth-order valence-corrected chi connectivity index (χ4v) is 2.23. The van der Waals surface area contributed by atoms with Gasteiger partial charge in [-0.2, -0.15) is 13.2 Å². The Bertz CT molecular complexity index is 521. The lowest BCUT2D eigenvalue weighted by Gasteiger charge is -2.11. The highest BCUT2D eigenvalue weighted by Gasteiger charge is 2.33. The van der Waals surface area contributed by atoms with E-state index < -0.39 is 17.9 Å². The van der Waals surface area contributed by atoms with E-state index in [1.165, 1.54) is 0 Å². The third-order valence-electron chi connectivity index (χ3n) is 2.41. The Balaban J connectivity index is 1.91. The highest BCUT2D eigenvalue weighted by atomic mass is 32.2. The standard InChI is InChI=1S/C10H9F3N4O2S/c11-10(12,13)6-1-2-14-8(16-6)20-4-3-17-7(18)5-15-9(17)19/h1-2H,3-5H2,(H,15,19). The molecule has 0 aliphatic carbocycles. The second-order valence-corrected chi connectivity index (χ2v) is 4.84. The fourth-order valence-electron chi connectivity index (χ4n) is 1.48. The minimum absolute atomic E-state index is 0.0492. The Hall–Kier alpha value is -1.84. The van der Waals surface area contributed by atoms with E-state index >= 15 is 0 Å². The maximum Gasteiger partial charge on any atom is 0.433 e. The number of amides is 3. The van der Waals surface area contributed by atoms with Crippen molar-refractivity contribution in [3.8, 4) is 0 Å². The number of thioether (sulfide) groups is 1. The molecular formula is C10H9F3N4O2S. The van der Waals surface area contributed by atoms with E-state index in [0.29, 0.717) is 0 Å². The minimum Gasteiger partial charge on any atom is -0.329 e. The molecule has 0 aromatic carbocycles. The van der Waals surface area contributed by atoms with Gasteiger partial charge < -0.3 is 5.32 Å². The third kappa shape index (κ3) is 3.38. The van der Waals surface area contributed by atoms with Gasteiger partial charge in [-0.05, 0) is 6.07 Å². The molecule has 1 aliphatic rings. The maximum atomic E-state index is 12.4. The average molecular weight is 306 g/mol. The smallest absolute Gasteiger partial charge is 0.329 e. The number of hydrogen-bond donors (Lipinski definition) is 1. The predicted octanol–water partition coefficient (Wildman–Crippen LogP) is 1.14. The van der Waals surface area contributed by atoms with E-state index in [4.69, 9.17) is 0 Å². The van der Waals surface area contributed by atoms with Gasteiger partial charge >= 0.3 is 12.2 Å². The lowest BCUT2D eigenvalue weighted by atomic mass is 10.4. The fraction of sp³-hybridized carbons (Fsp3) is 0.400. The van der Waals surface area contributed by atoms with E-state index in [2.05, 4.69) is 15.3 Å². The first-order chi connectivity index (χ1) is 9.38. The summed E-state index contributed by atoms with van der Waals surface area (Å²) in [5.41, 5.74) is -1.02. The molecule has 0 radical (unpaired) electrons. The molecule has 2 rings (SSSR count). The first-order valence-electron chi connectivity index (χ1n) is 5.49. The molecule has 1 aromatic heterocycles. The van der Waals surface area contributed by atoms with Gasteiger partial charge in [0.25, 0.3) is 0 Å². The van der Waals surface area contributed by atoms with Crippen LogP contribution in [0, 0.1) is 0 Å². The number of nitrogens with one attached hydrogen (secondary N) is 1. The van der Waals surface area contributed by atoms with Gasteiger partial charge in [0.05, 0.1) is 6.54 Å². The van der Waals surface area contributed by atoms with Gasteiger partial charge in [0, 0.05) is 18.5 Å². The Labute approximate surface area is 115 Å². The normalized spacial score (nSPS) is 15.7. The van der Waals surface area contributed by atoms with E-state index in [0.717, 1.165) is 28.9 Å². The molecule has 1 aliphatic heterocycles. The van der Waals surface area contributed by atoms with Gasteiger partial charge in [-0.1, -0.05) is 11.8 Å². The van der Waals surface area contributed by atoms with Crippen molar-refractivity contribution >= 4 is 23.7 Å². The molecule has 1 saturated heterocycles. The summed E-state index contributed by atoms with van der Waals surface area (Å²) in [6.07, 6.45) is -3.51. The van der Waals surface area contributed by atoms with Crippen LogP contribution in [-0.4, -0.2) is 45.6 Å². The molecule has 2 heterocycles. The molecule has 0 spiro atoms. The Morgan fingerprint density at radius 2 is 2.15 bits per heavy atom. The number of urea groups is 1. The topological polar surface area (TPSA) is 75.2 Å². The Morgan fingerprint density at radius 1 is 1.40 bits per heavy atom. The molecule has 0 atom stereocenters. The molecule has 6 nitrogen and oxygen atoms in total. The molecule has 0 bridgehead atoms. The molecule has 0 unspecified atom stereocenters. The molecule has 108 valence electrons. The summed E-state index contributed by atoms with van der Waals surface area (Å²) in [6.45, 7) is 0.0402. The van der Waals surface area contributed by atoms with Crippen molar-refractivity contribution in [1.29, 1.82) is 0 Å². The number of hydrogen-bond acceptors (Lipinski definition) is 5. The second kappa shape index (κ2) is 5.65. The zero-order chi connectivity index (χ0) is 14.8. The summed E-state index contributed by atoms with van der Waals surface area (Å²) in [6, 6.07) is 0.280. The number of imide groups is 1. The van der Waals surface area contributed by atoms with E-state index in [9.17, 15) is 22.8 Å². The molecule has 1 aromatic rings. The van der Waals surface area contributed by atoms with Crippen molar-refractivity contribution in [2.75, 3.05) is 18.8 Å². The number of halogens is 3. The van der Waals surface area contributed by atoms with Crippen molar-refractivity contribution in [1.82, 2.24) is 20.2 Å². The largest absolute Gasteiger partial charge is 0.433 e. The summed E-state index contributed by atoms with van der Waals surface area (Å²) in [4.78, 5) is 30.6.